The highest BCUT2D eigenvalue weighted by Gasteiger charge is 2.34. The van der Waals surface area contributed by atoms with Crippen LogP contribution in [0, 0.1) is 0 Å². The molecule has 1 atom stereocenters. The van der Waals surface area contributed by atoms with Crippen LogP contribution in [0.2, 0.25) is 5.02 Å². The van der Waals surface area contributed by atoms with Crippen LogP contribution in [0.15, 0.2) is 47.1 Å². The number of fused-ring (bicyclic) bond motifs is 1. The molecule has 5 rings (SSSR count). The van der Waals surface area contributed by atoms with Gasteiger partial charge >= 0.3 is 0 Å². The zero-order chi connectivity index (χ0) is 22.2. The van der Waals surface area contributed by atoms with Crippen LogP contribution in [0.5, 0.6) is 5.88 Å². The maximum absolute atomic E-state index is 12.7. The van der Waals surface area contributed by atoms with Gasteiger partial charge in [-0.15, -0.1) is 5.10 Å². The highest BCUT2D eigenvalue weighted by molar-refractivity contribution is 7.17. The summed E-state index contributed by atoms with van der Waals surface area (Å²) in [4.78, 5) is 22.6. The van der Waals surface area contributed by atoms with Crippen molar-refractivity contribution in [1.29, 1.82) is 0 Å². The van der Waals surface area contributed by atoms with Crippen LogP contribution in [0.1, 0.15) is 39.8 Å². The Morgan fingerprint density at radius 1 is 1.22 bits per heavy atom. The van der Waals surface area contributed by atoms with E-state index in [-0.39, 0.29) is 17.8 Å². The Labute approximate surface area is 193 Å². The number of piperazine rings is 1. The topological polar surface area (TPSA) is 87.1 Å². The molecule has 0 saturated carbocycles. The van der Waals surface area contributed by atoms with Gasteiger partial charge in [0.05, 0.1) is 17.2 Å². The van der Waals surface area contributed by atoms with Gasteiger partial charge in [-0.25, -0.2) is 4.98 Å². The molecule has 1 N–H and O–H groups in total. The lowest BCUT2D eigenvalue weighted by Gasteiger charge is -2.39. The van der Waals surface area contributed by atoms with Gasteiger partial charge in [0.1, 0.15) is 0 Å². The molecule has 0 radical (unpaired) electrons. The first-order valence-corrected chi connectivity index (χ1v) is 11.6. The SMILES string of the molecule is CCc1nc2sc([C@@H](c3ccccc3Cl)N3CCN(C(=O)c4ccco4)CC3)c(O)n2n1. The average molecular weight is 472 g/mol. The quantitative estimate of drug-likeness (QED) is 0.475. The summed E-state index contributed by atoms with van der Waals surface area (Å²) < 4.78 is 6.77. The van der Waals surface area contributed by atoms with Crippen molar-refractivity contribution >= 4 is 33.8 Å². The lowest BCUT2D eigenvalue weighted by Crippen LogP contribution is -2.49. The number of carbonyl (C=O) groups excluding carboxylic acids is 1. The van der Waals surface area contributed by atoms with E-state index in [1.165, 1.54) is 22.1 Å². The second kappa shape index (κ2) is 8.57. The molecule has 0 unspecified atom stereocenters. The summed E-state index contributed by atoms with van der Waals surface area (Å²) in [5, 5.41) is 16.1. The molecule has 8 nitrogen and oxygen atoms in total. The van der Waals surface area contributed by atoms with Gasteiger partial charge in [0.25, 0.3) is 5.91 Å². The normalized spacial score (nSPS) is 16.0. The fourth-order valence-corrected chi connectivity index (χ4v) is 5.42. The molecule has 1 amide bonds. The summed E-state index contributed by atoms with van der Waals surface area (Å²) in [6.45, 7) is 4.31. The van der Waals surface area contributed by atoms with Crippen molar-refractivity contribution in [3.63, 3.8) is 0 Å². The number of amides is 1. The van der Waals surface area contributed by atoms with E-state index in [1.54, 1.807) is 17.0 Å². The van der Waals surface area contributed by atoms with Crippen molar-refractivity contribution in [3.8, 4) is 5.88 Å². The molecule has 1 aliphatic rings. The Morgan fingerprint density at radius 2 is 2.00 bits per heavy atom. The maximum Gasteiger partial charge on any atom is 0.289 e. The molecule has 166 valence electrons. The third-order valence-corrected chi connectivity index (χ3v) is 7.12. The van der Waals surface area contributed by atoms with Gasteiger partial charge in [-0.2, -0.15) is 4.52 Å². The summed E-state index contributed by atoms with van der Waals surface area (Å²) in [5.74, 6) is 1.00. The maximum atomic E-state index is 12.7. The standard InChI is InChI=1S/C22H22ClN5O3S/c1-2-17-24-22-28(25-17)21(30)19(32-22)18(14-6-3-4-7-15(14)23)26-9-11-27(12-10-26)20(29)16-8-5-13-31-16/h3-8,13,18,30H,2,9-12H2,1H3/t18-/m1/s1. The minimum Gasteiger partial charge on any atom is -0.492 e. The zero-order valence-corrected chi connectivity index (χ0v) is 19.0. The van der Waals surface area contributed by atoms with Gasteiger partial charge in [-0.1, -0.05) is 48.1 Å². The van der Waals surface area contributed by atoms with Crippen LogP contribution in [-0.4, -0.2) is 61.6 Å². The summed E-state index contributed by atoms with van der Waals surface area (Å²) in [5.41, 5.74) is 0.899. The smallest absolute Gasteiger partial charge is 0.289 e. The van der Waals surface area contributed by atoms with E-state index in [0.717, 1.165) is 10.4 Å². The summed E-state index contributed by atoms with van der Waals surface area (Å²) >= 11 is 8.00. The minimum atomic E-state index is -0.275. The fourth-order valence-electron chi connectivity index (χ4n) is 4.06. The first kappa shape index (κ1) is 21.0. The Hall–Kier alpha value is -2.88. The van der Waals surface area contributed by atoms with Crippen molar-refractivity contribution in [2.75, 3.05) is 26.2 Å². The zero-order valence-electron chi connectivity index (χ0n) is 17.4. The lowest BCUT2D eigenvalue weighted by molar-refractivity contribution is 0.0568. The first-order valence-electron chi connectivity index (χ1n) is 10.5. The summed E-state index contributed by atoms with van der Waals surface area (Å²) in [6, 6.07) is 10.8. The molecule has 32 heavy (non-hydrogen) atoms. The molecule has 4 heterocycles. The number of rotatable bonds is 5. The Balaban J connectivity index is 1.47. The molecule has 0 bridgehead atoms. The number of halogens is 1. The van der Waals surface area contributed by atoms with E-state index in [2.05, 4.69) is 15.0 Å². The van der Waals surface area contributed by atoms with E-state index in [1.807, 2.05) is 31.2 Å². The van der Waals surface area contributed by atoms with Crippen LogP contribution in [0.4, 0.5) is 0 Å². The Morgan fingerprint density at radius 3 is 2.66 bits per heavy atom. The number of hydrogen-bond donors (Lipinski definition) is 1. The first-order chi connectivity index (χ1) is 15.6. The van der Waals surface area contributed by atoms with Crippen LogP contribution in [0.25, 0.3) is 4.96 Å². The van der Waals surface area contributed by atoms with Crippen molar-refractivity contribution in [3.05, 3.63) is 69.7 Å². The van der Waals surface area contributed by atoms with Crippen molar-refractivity contribution in [1.82, 2.24) is 24.4 Å². The lowest BCUT2D eigenvalue weighted by atomic mass is 10.0. The molecule has 1 aliphatic heterocycles. The van der Waals surface area contributed by atoms with Crippen molar-refractivity contribution < 1.29 is 14.3 Å². The molecular formula is C22H22ClN5O3S. The highest BCUT2D eigenvalue weighted by atomic mass is 35.5. The predicted octanol–water partition coefficient (Wildman–Crippen LogP) is 3.85. The third kappa shape index (κ3) is 3.66. The molecule has 4 aromatic rings. The van der Waals surface area contributed by atoms with Gasteiger partial charge in [0.2, 0.25) is 10.8 Å². The largest absolute Gasteiger partial charge is 0.492 e. The average Bonchev–Trinajstić information content (AvgIpc) is 3.54. The molecule has 0 spiro atoms. The number of carbonyl (C=O) groups is 1. The number of aromatic hydroxyl groups is 1. The molecule has 10 heteroatoms. The van der Waals surface area contributed by atoms with Gasteiger partial charge in [0, 0.05) is 37.6 Å². The van der Waals surface area contributed by atoms with Gasteiger partial charge < -0.3 is 14.4 Å². The predicted molar refractivity (Wildman–Crippen MR) is 121 cm³/mol. The molecule has 1 fully saturated rings. The Kier molecular flexibility index (Phi) is 5.62. The fraction of sp³-hybridized carbons (Fsp3) is 0.318. The molecule has 1 saturated heterocycles. The molecule has 1 aromatic carbocycles. The number of furan rings is 1. The van der Waals surface area contributed by atoms with Crippen LogP contribution >= 0.6 is 22.9 Å². The number of benzene rings is 1. The molecular weight excluding hydrogens is 450 g/mol. The molecule has 3 aromatic heterocycles. The van der Waals surface area contributed by atoms with Gasteiger partial charge in [-0.05, 0) is 23.8 Å². The van der Waals surface area contributed by atoms with Crippen molar-refractivity contribution in [2.45, 2.75) is 19.4 Å². The van der Waals surface area contributed by atoms with Gasteiger partial charge in [-0.3, -0.25) is 9.69 Å². The number of aromatic nitrogens is 3. The van der Waals surface area contributed by atoms with Crippen LogP contribution in [0.3, 0.4) is 0 Å². The van der Waals surface area contributed by atoms with E-state index < -0.39 is 0 Å². The van der Waals surface area contributed by atoms with E-state index in [4.69, 9.17) is 16.0 Å². The number of hydrogen-bond acceptors (Lipinski definition) is 7. The monoisotopic (exact) mass is 471 g/mol. The van der Waals surface area contributed by atoms with Gasteiger partial charge in [0.15, 0.2) is 11.6 Å². The summed E-state index contributed by atoms with van der Waals surface area (Å²) in [7, 11) is 0. The minimum absolute atomic E-state index is 0.0798. The number of aryl methyl sites for hydroxylation is 1. The van der Waals surface area contributed by atoms with E-state index in [9.17, 15) is 9.90 Å². The van der Waals surface area contributed by atoms with E-state index >= 15 is 0 Å². The number of thiazole rings is 1. The summed E-state index contributed by atoms with van der Waals surface area (Å²) in [6.07, 6.45) is 2.20. The van der Waals surface area contributed by atoms with Crippen LogP contribution in [-0.2, 0) is 6.42 Å². The second-order valence-corrected chi connectivity index (χ2v) is 9.01. The highest BCUT2D eigenvalue weighted by Crippen LogP contribution is 2.42. The molecule has 0 aliphatic carbocycles. The third-order valence-electron chi connectivity index (χ3n) is 5.71. The number of nitrogens with zero attached hydrogens (tertiary/aromatic N) is 5. The second-order valence-electron chi connectivity index (χ2n) is 7.60. The Bertz CT molecular complexity index is 1240. The van der Waals surface area contributed by atoms with Crippen molar-refractivity contribution in [2.24, 2.45) is 0 Å². The van der Waals surface area contributed by atoms with Crippen LogP contribution < -0.4 is 0 Å². The van der Waals surface area contributed by atoms with E-state index in [0.29, 0.717) is 54.2 Å².